The fourth-order valence-electron chi connectivity index (χ4n) is 1.59. The molecule has 0 bridgehead atoms. The molecule has 0 fully saturated rings. The lowest BCUT2D eigenvalue weighted by Crippen LogP contribution is -2.41. The van der Waals surface area contributed by atoms with Crippen LogP contribution in [-0.4, -0.2) is 19.5 Å². The van der Waals surface area contributed by atoms with Gasteiger partial charge in [-0.1, -0.05) is 6.07 Å². The van der Waals surface area contributed by atoms with Gasteiger partial charge in [0.2, 0.25) is 5.91 Å². The maximum absolute atomic E-state index is 11.6. The van der Waals surface area contributed by atoms with Crippen molar-refractivity contribution in [2.75, 3.05) is 13.6 Å². The third-order valence-corrected chi connectivity index (χ3v) is 4.60. The van der Waals surface area contributed by atoms with Crippen molar-refractivity contribution in [1.29, 1.82) is 0 Å². The van der Waals surface area contributed by atoms with Crippen molar-refractivity contribution in [3.8, 4) is 0 Å². The van der Waals surface area contributed by atoms with Crippen molar-refractivity contribution in [1.82, 2.24) is 10.6 Å². The SMILES string of the molecule is CNC(=O)C(C)(C)CNCc1ccc(Br)c(Br)c1. The minimum Gasteiger partial charge on any atom is -0.359 e. The lowest BCUT2D eigenvalue weighted by molar-refractivity contribution is -0.128. The molecule has 0 saturated carbocycles. The van der Waals surface area contributed by atoms with Crippen LogP contribution in [0.3, 0.4) is 0 Å². The van der Waals surface area contributed by atoms with Gasteiger partial charge in [0.15, 0.2) is 0 Å². The lowest BCUT2D eigenvalue weighted by atomic mass is 9.92. The van der Waals surface area contributed by atoms with Crippen molar-refractivity contribution in [3.63, 3.8) is 0 Å². The molecule has 1 rings (SSSR count). The summed E-state index contributed by atoms with van der Waals surface area (Å²) in [7, 11) is 1.66. The summed E-state index contributed by atoms with van der Waals surface area (Å²) < 4.78 is 2.07. The summed E-state index contributed by atoms with van der Waals surface area (Å²) in [6, 6.07) is 6.11. The van der Waals surface area contributed by atoms with Gasteiger partial charge in [0.05, 0.1) is 5.41 Å². The number of carbonyl (C=O) groups excluding carboxylic acids is 1. The average Bonchev–Trinajstić information content (AvgIpc) is 2.32. The van der Waals surface area contributed by atoms with Gasteiger partial charge in [0.1, 0.15) is 0 Å². The van der Waals surface area contributed by atoms with Crippen molar-refractivity contribution in [3.05, 3.63) is 32.7 Å². The standard InChI is InChI=1S/C13H18Br2N2O/c1-13(2,12(18)16-3)8-17-7-9-4-5-10(14)11(15)6-9/h4-6,17H,7-8H2,1-3H3,(H,16,18). The first-order chi connectivity index (χ1) is 8.36. The molecule has 0 spiro atoms. The quantitative estimate of drug-likeness (QED) is 0.827. The van der Waals surface area contributed by atoms with E-state index in [1.807, 2.05) is 19.9 Å². The van der Waals surface area contributed by atoms with Gasteiger partial charge in [-0.05, 0) is 63.4 Å². The molecule has 1 aromatic carbocycles. The second-order valence-corrected chi connectivity index (χ2v) is 6.52. The number of hydrogen-bond acceptors (Lipinski definition) is 2. The number of halogens is 2. The van der Waals surface area contributed by atoms with E-state index in [2.05, 4.69) is 54.6 Å². The third-order valence-electron chi connectivity index (χ3n) is 2.72. The van der Waals surface area contributed by atoms with E-state index in [9.17, 15) is 4.79 Å². The normalized spacial score (nSPS) is 11.4. The molecule has 1 amide bonds. The average molecular weight is 378 g/mol. The smallest absolute Gasteiger partial charge is 0.226 e. The number of amides is 1. The van der Waals surface area contributed by atoms with Gasteiger partial charge in [-0.3, -0.25) is 4.79 Å². The van der Waals surface area contributed by atoms with E-state index in [1.165, 1.54) is 5.56 Å². The first-order valence-corrected chi connectivity index (χ1v) is 7.32. The molecule has 100 valence electrons. The fourth-order valence-corrected chi connectivity index (χ4v) is 2.26. The predicted molar refractivity (Wildman–Crippen MR) is 81.4 cm³/mol. The van der Waals surface area contributed by atoms with E-state index < -0.39 is 5.41 Å². The zero-order valence-electron chi connectivity index (χ0n) is 10.8. The molecule has 0 atom stereocenters. The molecular formula is C13H18Br2N2O. The Morgan fingerprint density at radius 1 is 1.28 bits per heavy atom. The monoisotopic (exact) mass is 376 g/mol. The highest BCUT2D eigenvalue weighted by atomic mass is 79.9. The van der Waals surface area contributed by atoms with Crippen LogP contribution in [0.5, 0.6) is 0 Å². The first-order valence-electron chi connectivity index (χ1n) is 5.73. The summed E-state index contributed by atoms with van der Waals surface area (Å²) in [4.78, 5) is 11.6. The van der Waals surface area contributed by atoms with Crippen LogP contribution >= 0.6 is 31.9 Å². The van der Waals surface area contributed by atoms with E-state index in [4.69, 9.17) is 0 Å². The Bertz CT molecular complexity index is 433. The van der Waals surface area contributed by atoms with Gasteiger partial charge >= 0.3 is 0 Å². The number of nitrogens with one attached hydrogen (secondary N) is 2. The van der Waals surface area contributed by atoms with E-state index in [0.29, 0.717) is 6.54 Å². The topological polar surface area (TPSA) is 41.1 Å². The van der Waals surface area contributed by atoms with Gasteiger partial charge < -0.3 is 10.6 Å². The van der Waals surface area contributed by atoms with Gasteiger partial charge in [-0.2, -0.15) is 0 Å². The molecule has 2 N–H and O–H groups in total. The van der Waals surface area contributed by atoms with Crippen LogP contribution in [0.2, 0.25) is 0 Å². The molecule has 0 unspecified atom stereocenters. The highest BCUT2D eigenvalue weighted by Crippen LogP contribution is 2.23. The largest absolute Gasteiger partial charge is 0.359 e. The van der Waals surface area contributed by atoms with Gasteiger partial charge in [0, 0.05) is 29.1 Å². The lowest BCUT2D eigenvalue weighted by Gasteiger charge is -2.23. The predicted octanol–water partition coefficient (Wildman–Crippen LogP) is 3.07. The van der Waals surface area contributed by atoms with Gasteiger partial charge in [-0.15, -0.1) is 0 Å². The minimum atomic E-state index is -0.401. The second kappa shape index (κ2) is 6.68. The number of rotatable bonds is 5. The van der Waals surface area contributed by atoms with Crippen molar-refractivity contribution in [2.45, 2.75) is 20.4 Å². The van der Waals surface area contributed by atoms with Crippen LogP contribution in [0.25, 0.3) is 0 Å². The Hall–Kier alpha value is -0.390. The highest BCUT2D eigenvalue weighted by Gasteiger charge is 2.25. The summed E-state index contributed by atoms with van der Waals surface area (Å²) in [6.45, 7) is 5.24. The Balaban J connectivity index is 2.51. The van der Waals surface area contributed by atoms with Crippen molar-refractivity contribution >= 4 is 37.8 Å². The number of carbonyl (C=O) groups is 1. The molecule has 0 aliphatic rings. The molecule has 0 heterocycles. The first kappa shape index (κ1) is 15.7. The number of benzene rings is 1. The Morgan fingerprint density at radius 2 is 1.94 bits per heavy atom. The molecule has 18 heavy (non-hydrogen) atoms. The van der Waals surface area contributed by atoms with E-state index in [1.54, 1.807) is 7.05 Å². The van der Waals surface area contributed by atoms with Crippen LogP contribution in [0.1, 0.15) is 19.4 Å². The zero-order valence-corrected chi connectivity index (χ0v) is 14.0. The molecule has 0 aliphatic heterocycles. The van der Waals surface area contributed by atoms with Crippen LogP contribution in [0.4, 0.5) is 0 Å². The Labute approximate surface area is 125 Å². The van der Waals surface area contributed by atoms with Crippen molar-refractivity contribution in [2.24, 2.45) is 5.41 Å². The van der Waals surface area contributed by atoms with Crippen LogP contribution < -0.4 is 10.6 Å². The van der Waals surface area contributed by atoms with Crippen LogP contribution in [0.15, 0.2) is 27.1 Å². The van der Waals surface area contributed by atoms with E-state index in [-0.39, 0.29) is 5.91 Å². The van der Waals surface area contributed by atoms with Crippen molar-refractivity contribution < 1.29 is 4.79 Å². The minimum absolute atomic E-state index is 0.0481. The molecule has 0 radical (unpaired) electrons. The Morgan fingerprint density at radius 3 is 2.50 bits per heavy atom. The molecule has 3 nitrogen and oxygen atoms in total. The van der Waals surface area contributed by atoms with E-state index in [0.717, 1.165) is 15.5 Å². The summed E-state index contributed by atoms with van der Waals surface area (Å²) >= 11 is 6.91. The Kier molecular flexibility index (Phi) is 5.82. The maximum atomic E-state index is 11.6. The fraction of sp³-hybridized carbons (Fsp3) is 0.462. The molecule has 0 aromatic heterocycles. The molecular weight excluding hydrogens is 360 g/mol. The molecule has 0 saturated heterocycles. The highest BCUT2D eigenvalue weighted by molar-refractivity contribution is 9.13. The summed E-state index contributed by atoms with van der Waals surface area (Å²) in [5, 5.41) is 5.98. The van der Waals surface area contributed by atoms with E-state index >= 15 is 0 Å². The summed E-state index contributed by atoms with van der Waals surface area (Å²) in [5.41, 5.74) is 0.777. The second-order valence-electron chi connectivity index (χ2n) is 4.82. The summed E-state index contributed by atoms with van der Waals surface area (Å²) in [5.74, 6) is 0.0481. The van der Waals surface area contributed by atoms with Gasteiger partial charge in [0.25, 0.3) is 0 Å². The third kappa shape index (κ3) is 4.37. The van der Waals surface area contributed by atoms with Crippen LogP contribution in [0, 0.1) is 5.41 Å². The maximum Gasteiger partial charge on any atom is 0.226 e. The van der Waals surface area contributed by atoms with Crippen LogP contribution in [-0.2, 0) is 11.3 Å². The molecule has 0 aliphatic carbocycles. The molecule has 5 heteroatoms. The van der Waals surface area contributed by atoms with Gasteiger partial charge in [-0.25, -0.2) is 0 Å². The zero-order chi connectivity index (χ0) is 13.8. The summed E-state index contributed by atoms with van der Waals surface area (Å²) in [6.07, 6.45) is 0. The number of hydrogen-bond donors (Lipinski definition) is 2. The molecule has 1 aromatic rings.